The molecular weight excluding hydrogens is 347 g/mol. The minimum Gasteiger partial charge on any atom is -0.480 e. The van der Waals surface area contributed by atoms with Crippen molar-refractivity contribution in [1.82, 2.24) is 4.90 Å². The number of nitrogens with zero attached hydrogens (tertiary/aromatic N) is 1. The van der Waals surface area contributed by atoms with Crippen LogP contribution in [0.1, 0.15) is 6.92 Å². The Balaban J connectivity index is 1.91. The summed E-state index contributed by atoms with van der Waals surface area (Å²) in [6.45, 7) is 1.81. The summed E-state index contributed by atoms with van der Waals surface area (Å²) in [5.41, 5.74) is -0.607. The molecule has 1 aromatic rings. The molecule has 6 nitrogen and oxygen atoms in total. The third-order valence-electron chi connectivity index (χ3n) is 3.08. The molecule has 1 heterocycles. The number of carboxylic acids is 1. The molecule has 1 saturated heterocycles. The van der Waals surface area contributed by atoms with Gasteiger partial charge in [-0.2, -0.15) is 0 Å². The van der Waals surface area contributed by atoms with E-state index in [1.807, 2.05) is 0 Å². The number of benzene rings is 1. The van der Waals surface area contributed by atoms with Crippen molar-refractivity contribution in [3.63, 3.8) is 0 Å². The van der Waals surface area contributed by atoms with Gasteiger partial charge in [0.05, 0.1) is 18.8 Å². The van der Waals surface area contributed by atoms with Crippen molar-refractivity contribution in [3.05, 3.63) is 28.5 Å². The lowest BCUT2D eigenvalue weighted by Crippen LogP contribution is -2.64. The van der Waals surface area contributed by atoms with Crippen molar-refractivity contribution >= 4 is 33.6 Å². The van der Waals surface area contributed by atoms with Crippen LogP contribution in [-0.4, -0.2) is 47.3 Å². The number of carbonyl (C=O) groups is 2. The molecule has 0 atom stereocenters. The number of hydrogen-bond donors (Lipinski definition) is 2. The number of carbonyl (C=O) groups excluding carboxylic acids is 1. The van der Waals surface area contributed by atoms with E-state index < -0.39 is 30.0 Å². The fraction of sp³-hybridized carbons (Fsp3) is 0.385. The number of aliphatic carboxylic acids is 1. The molecule has 2 rings (SSSR count). The molecule has 0 aliphatic carbocycles. The van der Waals surface area contributed by atoms with Crippen molar-refractivity contribution in [2.45, 2.75) is 12.5 Å². The first kappa shape index (κ1) is 15.7. The maximum Gasteiger partial charge on any atom is 0.329 e. The number of hydrogen-bond acceptors (Lipinski definition) is 3. The number of anilines is 1. The summed E-state index contributed by atoms with van der Waals surface area (Å²) in [6, 6.07) is 3.93. The van der Waals surface area contributed by atoms with Crippen LogP contribution in [0.4, 0.5) is 14.9 Å². The summed E-state index contributed by atoms with van der Waals surface area (Å²) in [4.78, 5) is 23.9. The second kappa shape index (κ2) is 5.98. The molecule has 0 aromatic heterocycles. The van der Waals surface area contributed by atoms with Gasteiger partial charge < -0.3 is 20.1 Å². The zero-order chi connectivity index (χ0) is 15.6. The Kier molecular flexibility index (Phi) is 4.48. The van der Waals surface area contributed by atoms with Crippen LogP contribution in [0.5, 0.6) is 0 Å². The lowest BCUT2D eigenvalue weighted by molar-refractivity contribution is -0.159. The Morgan fingerprint density at radius 1 is 1.52 bits per heavy atom. The van der Waals surface area contributed by atoms with E-state index in [2.05, 4.69) is 21.2 Å². The van der Waals surface area contributed by atoms with Gasteiger partial charge in [0.25, 0.3) is 0 Å². The first-order chi connectivity index (χ1) is 9.81. The number of likely N-dealkylation sites (tertiary alicyclic amines) is 1. The van der Waals surface area contributed by atoms with Crippen molar-refractivity contribution in [2.24, 2.45) is 0 Å². The number of nitrogens with one attached hydrogen (secondary N) is 1. The second-order valence-electron chi connectivity index (χ2n) is 5.02. The molecule has 0 radical (unpaired) electrons. The molecule has 0 spiro atoms. The largest absolute Gasteiger partial charge is 0.480 e. The highest BCUT2D eigenvalue weighted by Crippen LogP contribution is 2.28. The number of para-hydroxylation sites is 1. The van der Waals surface area contributed by atoms with Gasteiger partial charge in [0.2, 0.25) is 0 Å². The highest BCUT2D eigenvalue weighted by molar-refractivity contribution is 9.10. The predicted molar refractivity (Wildman–Crippen MR) is 76.7 cm³/mol. The molecule has 2 N–H and O–H groups in total. The lowest BCUT2D eigenvalue weighted by atomic mass is 9.97. The summed E-state index contributed by atoms with van der Waals surface area (Å²) in [6.07, 6.45) is 0. The van der Waals surface area contributed by atoms with Crippen LogP contribution in [0.3, 0.4) is 0 Å². The third-order valence-corrected chi connectivity index (χ3v) is 3.74. The number of ether oxygens (including phenoxy) is 1. The van der Waals surface area contributed by atoms with E-state index in [0.29, 0.717) is 4.47 Å². The number of carboxylic acid groups (broad SMARTS) is 1. The van der Waals surface area contributed by atoms with Crippen molar-refractivity contribution in [1.29, 1.82) is 0 Å². The number of amides is 2. The SMILES string of the molecule is CC1(OCC(=O)O)CN(C(=O)Nc2c(F)cccc2Br)C1. The minimum absolute atomic E-state index is 0.0718. The molecule has 0 bridgehead atoms. The smallest absolute Gasteiger partial charge is 0.329 e. The number of rotatable bonds is 4. The van der Waals surface area contributed by atoms with Crippen LogP contribution in [0.15, 0.2) is 22.7 Å². The molecule has 2 amide bonds. The maximum atomic E-state index is 13.6. The average Bonchev–Trinajstić information content (AvgIpc) is 2.37. The molecule has 0 unspecified atom stereocenters. The normalized spacial score (nSPS) is 16.2. The van der Waals surface area contributed by atoms with E-state index >= 15 is 0 Å². The van der Waals surface area contributed by atoms with Gasteiger partial charge in [0, 0.05) is 4.47 Å². The van der Waals surface area contributed by atoms with Crippen molar-refractivity contribution in [3.8, 4) is 0 Å². The van der Waals surface area contributed by atoms with Gasteiger partial charge in [-0.15, -0.1) is 0 Å². The predicted octanol–water partition coefficient (Wildman–Crippen LogP) is 2.30. The number of halogens is 2. The number of urea groups is 1. The van der Waals surface area contributed by atoms with Gasteiger partial charge in [-0.25, -0.2) is 14.0 Å². The fourth-order valence-corrected chi connectivity index (χ4v) is 2.48. The molecule has 114 valence electrons. The standard InChI is InChI=1S/C13H14BrFN2O4/c1-13(21-5-10(18)19)6-17(7-13)12(20)16-11-8(14)3-2-4-9(11)15/h2-4H,5-7H2,1H3,(H,16,20)(H,18,19). The Hall–Kier alpha value is -1.67. The van der Waals surface area contributed by atoms with E-state index in [1.165, 1.54) is 17.0 Å². The first-order valence-electron chi connectivity index (χ1n) is 6.16. The van der Waals surface area contributed by atoms with E-state index in [4.69, 9.17) is 9.84 Å². The van der Waals surface area contributed by atoms with Crippen LogP contribution in [0.25, 0.3) is 0 Å². The van der Waals surface area contributed by atoms with Gasteiger partial charge in [-0.1, -0.05) is 6.07 Å². The molecule has 1 fully saturated rings. The highest BCUT2D eigenvalue weighted by atomic mass is 79.9. The summed E-state index contributed by atoms with van der Waals surface area (Å²) >= 11 is 3.16. The van der Waals surface area contributed by atoms with Crippen LogP contribution in [-0.2, 0) is 9.53 Å². The topological polar surface area (TPSA) is 78.9 Å². The molecule has 1 aliphatic heterocycles. The monoisotopic (exact) mass is 360 g/mol. The van der Waals surface area contributed by atoms with Gasteiger partial charge in [-0.05, 0) is 35.0 Å². The van der Waals surface area contributed by atoms with Crippen LogP contribution in [0, 0.1) is 5.82 Å². The molecule has 8 heteroatoms. The molecular formula is C13H14BrFN2O4. The highest BCUT2D eigenvalue weighted by Gasteiger charge is 2.43. The van der Waals surface area contributed by atoms with Crippen LogP contribution >= 0.6 is 15.9 Å². The van der Waals surface area contributed by atoms with Crippen molar-refractivity contribution in [2.75, 3.05) is 25.0 Å². The fourth-order valence-electron chi connectivity index (χ4n) is 2.04. The van der Waals surface area contributed by atoms with Gasteiger partial charge in [0.1, 0.15) is 18.0 Å². The van der Waals surface area contributed by atoms with Crippen LogP contribution in [0.2, 0.25) is 0 Å². The zero-order valence-corrected chi connectivity index (χ0v) is 12.8. The van der Waals surface area contributed by atoms with E-state index in [0.717, 1.165) is 0 Å². The van der Waals surface area contributed by atoms with E-state index in [-0.39, 0.29) is 18.8 Å². The van der Waals surface area contributed by atoms with E-state index in [1.54, 1.807) is 13.0 Å². The zero-order valence-electron chi connectivity index (χ0n) is 11.2. The lowest BCUT2D eigenvalue weighted by Gasteiger charge is -2.46. The molecule has 0 saturated carbocycles. The molecule has 1 aromatic carbocycles. The van der Waals surface area contributed by atoms with Gasteiger partial charge >= 0.3 is 12.0 Å². The van der Waals surface area contributed by atoms with Crippen molar-refractivity contribution < 1.29 is 23.8 Å². The molecule has 1 aliphatic rings. The summed E-state index contributed by atoms with van der Waals surface area (Å²) in [5, 5.41) is 11.0. The van der Waals surface area contributed by atoms with Gasteiger partial charge in [0.15, 0.2) is 0 Å². The second-order valence-corrected chi connectivity index (χ2v) is 5.87. The Morgan fingerprint density at radius 3 is 2.76 bits per heavy atom. The van der Waals surface area contributed by atoms with E-state index in [9.17, 15) is 14.0 Å². The first-order valence-corrected chi connectivity index (χ1v) is 6.96. The quantitative estimate of drug-likeness (QED) is 0.863. The van der Waals surface area contributed by atoms with Crippen LogP contribution < -0.4 is 5.32 Å². The average molecular weight is 361 g/mol. The Bertz CT molecular complexity index is 555. The Morgan fingerprint density at radius 2 is 2.19 bits per heavy atom. The summed E-state index contributed by atoms with van der Waals surface area (Å²) in [7, 11) is 0. The molecule has 21 heavy (non-hydrogen) atoms. The summed E-state index contributed by atoms with van der Waals surface area (Å²) < 4.78 is 19.3. The minimum atomic E-state index is -1.06. The Labute approximate surface area is 129 Å². The van der Waals surface area contributed by atoms with Gasteiger partial charge in [-0.3, -0.25) is 0 Å². The summed E-state index contributed by atoms with van der Waals surface area (Å²) in [5.74, 6) is -1.60. The third kappa shape index (κ3) is 3.70. The maximum absolute atomic E-state index is 13.6.